The average molecular weight is 265 g/mol. The van der Waals surface area contributed by atoms with E-state index in [-0.39, 0.29) is 6.29 Å². The first kappa shape index (κ1) is 16.2. The highest BCUT2D eigenvalue weighted by molar-refractivity contribution is 5.18. The van der Waals surface area contributed by atoms with Crippen LogP contribution in [0.15, 0.2) is 30.3 Å². The van der Waals surface area contributed by atoms with Crippen LogP contribution in [0.1, 0.15) is 38.7 Å². The van der Waals surface area contributed by atoms with E-state index in [2.05, 4.69) is 42.6 Å². The van der Waals surface area contributed by atoms with Gasteiger partial charge < -0.3 is 14.8 Å². The van der Waals surface area contributed by atoms with Gasteiger partial charge in [0.1, 0.15) is 0 Å². The molecule has 0 bridgehead atoms. The average Bonchev–Trinajstić information content (AvgIpc) is 2.44. The standard InChI is InChI=1S/C16H27NO2/c1-4-18-16(19-5-2)11-12-17-13-14(3)15-9-7-6-8-10-15/h6-10,14,16-17H,4-5,11-13H2,1-3H3. The molecule has 3 nitrogen and oxygen atoms in total. The lowest BCUT2D eigenvalue weighted by Gasteiger charge is -2.18. The minimum atomic E-state index is -0.0745. The van der Waals surface area contributed by atoms with Gasteiger partial charge in [0.05, 0.1) is 0 Å². The first-order valence-electron chi connectivity index (χ1n) is 7.26. The molecule has 0 saturated carbocycles. The topological polar surface area (TPSA) is 30.5 Å². The molecule has 0 aliphatic heterocycles. The molecule has 0 aliphatic carbocycles. The second kappa shape index (κ2) is 9.96. The number of benzene rings is 1. The number of ether oxygens (including phenoxy) is 2. The zero-order valence-corrected chi connectivity index (χ0v) is 12.4. The highest BCUT2D eigenvalue weighted by Crippen LogP contribution is 2.13. The van der Waals surface area contributed by atoms with Gasteiger partial charge in [0.25, 0.3) is 0 Å². The zero-order chi connectivity index (χ0) is 13.9. The summed E-state index contributed by atoms with van der Waals surface area (Å²) in [5.74, 6) is 0.527. The van der Waals surface area contributed by atoms with Gasteiger partial charge in [-0.2, -0.15) is 0 Å². The zero-order valence-electron chi connectivity index (χ0n) is 12.4. The predicted octanol–water partition coefficient (Wildman–Crippen LogP) is 3.17. The summed E-state index contributed by atoms with van der Waals surface area (Å²) in [6.07, 6.45) is 0.818. The summed E-state index contributed by atoms with van der Waals surface area (Å²) in [6, 6.07) is 10.6. The minimum Gasteiger partial charge on any atom is -0.353 e. The molecule has 1 aromatic carbocycles. The first-order chi connectivity index (χ1) is 9.27. The van der Waals surface area contributed by atoms with Crippen molar-refractivity contribution in [3.8, 4) is 0 Å². The monoisotopic (exact) mass is 265 g/mol. The molecule has 0 radical (unpaired) electrons. The Labute approximate surface area is 117 Å². The van der Waals surface area contributed by atoms with Gasteiger partial charge in [-0.25, -0.2) is 0 Å². The van der Waals surface area contributed by atoms with Crippen molar-refractivity contribution in [2.75, 3.05) is 26.3 Å². The molecule has 1 unspecified atom stereocenters. The van der Waals surface area contributed by atoms with Gasteiger partial charge in [0.15, 0.2) is 6.29 Å². The van der Waals surface area contributed by atoms with Gasteiger partial charge in [0, 0.05) is 26.2 Å². The van der Waals surface area contributed by atoms with Crippen molar-refractivity contribution in [2.45, 2.75) is 39.4 Å². The lowest BCUT2D eigenvalue weighted by molar-refractivity contribution is -0.138. The lowest BCUT2D eigenvalue weighted by Crippen LogP contribution is -2.27. The molecule has 3 heteroatoms. The highest BCUT2D eigenvalue weighted by Gasteiger charge is 2.08. The van der Waals surface area contributed by atoms with E-state index in [1.807, 2.05) is 13.8 Å². The smallest absolute Gasteiger partial charge is 0.158 e. The van der Waals surface area contributed by atoms with Crippen LogP contribution in [0.2, 0.25) is 0 Å². The predicted molar refractivity (Wildman–Crippen MR) is 79.4 cm³/mol. The Bertz CT molecular complexity index is 310. The highest BCUT2D eigenvalue weighted by atomic mass is 16.7. The second-order valence-electron chi connectivity index (χ2n) is 4.64. The molecule has 1 atom stereocenters. The van der Waals surface area contributed by atoms with E-state index in [0.29, 0.717) is 19.1 Å². The maximum atomic E-state index is 5.51. The molecule has 0 heterocycles. The Kier molecular flexibility index (Phi) is 8.47. The van der Waals surface area contributed by atoms with Crippen LogP contribution in [-0.4, -0.2) is 32.6 Å². The fourth-order valence-corrected chi connectivity index (χ4v) is 2.02. The van der Waals surface area contributed by atoms with Gasteiger partial charge in [-0.3, -0.25) is 0 Å². The second-order valence-corrected chi connectivity index (χ2v) is 4.64. The molecule has 0 saturated heterocycles. The maximum absolute atomic E-state index is 5.51. The normalized spacial score (nSPS) is 12.8. The third kappa shape index (κ3) is 6.71. The van der Waals surface area contributed by atoms with Gasteiger partial charge >= 0.3 is 0 Å². The number of hydrogen-bond acceptors (Lipinski definition) is 3. The van der Waals surface area contributed by atoms with E-state index in [4.69, 9.17) is 9.47 Å². The quantitative estimate of drug-likeness (QED) is 0.520. The van der Waals surface area contributed by atoms with Crippen LogP contribution >= 0.6 is 0 Å². The van der Waals surface area contributed by atoms with Crippen molar-refractivity contribution in [1.29, 1.82) is 0 Å². The Balaban J connectivity index is 2.19. The molecule has 0 spiro atoms. The Morgan fingerprint density at radius 3 is 2.26 bits per heavy atom. The summed E-state index contributed by atoms with van der Waals surface area (Å²) < 4.78 is 11.0. The molecular weight excluding hydrogens is 238 g/mol. The minimum absolute atomic E-state index is 0.0745. The molecule has 1 aromatic rings. The van der Waals surface area contributed by atoms with E-state index in [1.165, 1.54) is 5.56 Å². The van der Waals surface area contributed by atoms with E-state index >= 15 is 0 Å². The summed E-state index contributed by atoms with van der Waals surface area (Å²) in [4.78, 5) is 0. The Morgan fingerprint density at radius 2 is 1.68 bits per heavy atom. The van der Waals surface area contributed by atoms with E-state index < -0.39 is 0 Å². The number of nitrogens with one attached hydrogen (secondary N) is 1. The fraction of sp³-hybridized carbons (Fsp3) is 0.625. The van der Waals surface area contributed by atoms with Crippen molar-refractivity contribution < 1.29 is 9.47 Å². The van der Waals surface area contributed by atoms with Crippen molar-refractivity contribution in [3.05, 3.63) is 35.9 Å². The van der Waals surface area contributed by atoms with E-state index in [9.17, 15) is 0 Å². The molecule has 0 fully saturated rings. The van der Waals surface area contributed by atoms with Gasteiger partial charge in [-0.15, -0.1) is 0 Å². The Hall–Kier alpha value is -0.900. The third-order valence-electron chi connectivity index (χ3n) is 3.08. The molecule has 108 valence electrons. The van der Waals surface area contributed by atoms with Crippen LogP contribution in [-0.2, 0) is 9.47 Å². The van der Waals surface area contributed by atoms with Crippen molar-refractivity contribution >= 4 is 0 Å². The summed E-state index contributed by atoms with van der Waals surface area (Å²) >= 11 is 0. The van der Waals surface area contributed by atoms with Crippen molar-refractivity contribution in [1.82, 2.24) is 5.32 Å². The molecule has 0 aliphatic rings. The molecular formula is C16H27NO2. The van der Waals surface area contributed by atoms with Crippen LogP contribution in [0, 0.1) is 0 Å². The van der Waals surface area contributed by atoms with Gasteiger partial charge in [0.2, 0.25) is 0 Å². The molecule has 19 heavy (non-hydrogen) atoms. The SMILES string of the molecule is CCOC(CCNCC(C)c1ccccc1)OCC. The number of hydrogen-bond donors (Lipinski definition) is 1. The largest absolute Gasteiger partial charge is 0.353 e. The molecule has 1 rings (SSSR count). The summed E-state index contributed by atoms with van der Waals surface area (Å²) in [5.41, 5.74) is 1.38. The summed E-state index contributed by atoms with van der Waals surface area (Å²) in [6.45, 7) is 9.53. The Morgan fingerprint density at radius 1 is 1.05 bits per heavy atom. The van der Waals surface area contributed by atoms with Gasteiger partial charge in [-0.1, -0.05) is 37.3 Å². The van der Waals surface area contributed by atoms with Crippen LogP contribution in [0.3, 0.4) is 0 Å². The fourth-order valence-electron chi connectivity index (χ4n) is 2.02. The van der Waals surface area contributed by atoms with Crippen LogP contribution in [0.25, 0.3) is 0 Å². The van der Waals surface area contributed by atoms with Crippen molar-refractivity contribution in [2.24, 2.45) is 0 Å². The van der Waals surface area contributed by atoms with Crippen LogP contribution in [0.5, 0.6) is 0 Å². The first-order valence-corrected chi connectivity index (χ1v) is 7.26. The molecule has 0 amide bonds. The molecule has 0 aromatic heterocycles. The van der Waals surface area contributed by atoms with Crippen LogP contribution in [0.4, 0.5) is 0 Å². The van der Waals surface area contributed by atoms with Gasteiger partial charge in [-0.05, 0) is 31.9 Å². The summed E-state index contributed by atoms with van der Waals surface area (Å²) in [7, 11) is 0. The maximum Gasteiger partial charge on any atom is 0.158 e. The third-order valence-corrected chi connectivity index (χ3v) is 3.08. The van der Waals surface area contributed by atoms with Crippen LogP contribution < -0.4 is 5.32 Å². The van der Waals surface area contributed by atoms with E-state index in [1.54, 1.807) is 0 Å². The van der Waals surface area contributed by atoms with Crippen molar-refractivity contribution in [3.63, 3.8) is 0 Å². The molecule has 1 N–H and O–H groups in total. The number of rotatable bonds is 10. The lowest BCUT2D eigenvalue weighted by atomic mass is 10.0. The van der Waals surface area contributed by atoms with E-state index in [0.717, 1.165) is 19.5 Å². The summed E-state index contributed by atoms with van der Waals surface area (Å²) in [5, 5.41) is 3.47.